The van der Waals surface area contributed by atoms with E-state index in [9.17, 15) is 0 Å². The molecule has 1 aromatic heterocycles. The van der Waals surface area contributed by atoms with Crippen molar-refractivity contribution in [2.45, 2.75) is 12.8 Å². The van der Waals surface area contributed by atoms with Crippen molar-refractivity contribution in [3.05, 3.63) is 18.3 Å². The topological polar surface area (TPSA) is 43.4 Å². The first kappa shape index (κ1) is 11.2. The highest BCUT2D eigenvalue weighted by molar-refractivity contribution is 5.32. The van der Waals surface area contributed by atoms with Gasteiger partial charge in [-0.05, 0) is 44.0 Å². The number of piperidine rings is 1. The Morgan fingerprint density at radius 2 is 2.25 bits per heavy atom. The number of methoxy groups -OCH3 is 1. The predicted octanol–water partition coefficient (Wildman–Crippen LogP) is 1.47. The molecule has 2 rings (SSSR count). The van der Waals surface area contributed by atoms with Gasteiger partial charge in [0.1, 0.15) is 0 Å². The van der Waals surface area contributed by atoms with E-state index in [1.165, 1.54) is 12.8 Å². The SMILES string of the molecule is COc1cccnc1OCC1CCNCC1. The Hall–Kier alpha value is -1.29. The maximum Gasteiger partial charge on any atom is 0.256 e. The summed E-state index contributed by atoms with van der Waals surface area (Å²) in [5.74, 6) is 1.94. The smallest absolute Gasteiger partial charge is 0.256 e. The molecule has 88 valence electrons. The van der Waals surface area contributed by atoms with E-state index in [2.05, 4.69) is 10.3 Å². The van der Waals surface area contributed by atoms with Crippen LogP contribution < -0.4 is 14.8 Å². The molecule has 1 N–H and O–H groups in total. The largest absolute Gasteiger partial charge is 0.491 e. The van der Waals surface area contributed by atoms with Gasteiger partial charge in [0.15, 0.2) is 5.75 Å². The first-order valence-corrected chi connectivity index (χ1v) is 5.72. The lowest BCUT2D eigenvalue weighted by molar-refractivity contribution is 0.201. The number of rotatable bonds is 4. The summed E-state index contributed by atoms with van der Waals surface area (Å²) in [5.41, 5.74) is 0. The molecule has 0 spiro atoms. The molecule has 0 atom stereocenters. The number of nitrogens with one attached hydrogen (secondary N) is 1. The lowest BCUT2D eigenvalue weighted by atomic mass is 9.99. The van der Waals surface area contributed by atoms with Gasteiger partial charge in [-0.15, -0.1) is 0 Å². The predicted molar refractivity (Wildman–Crippen MR) is 61.9 cm³/mol. The average molecular weight is 222 g/mol. The van der Waals surface area contributed by atoms with Gasteiger partial charge in [-0.1, -0.05) is 0 Å². The average Bonchev–Trinajstić information content (AvgIpc) is 2.38. The molecule has 1 saturated heterocycles. The molecule has 4 nitrogen and oxygen atoms in total. The van der Waals surface area contributed by atoms with E-state index in [0.29, 0.717) is 17.5 Å². The van der Waals surface area contributed by atoms with Crippen LogP contribution in [-0.2, 0) is 0 Å². The Morgan fingerprint density at radius 1 is 1.44 bits per heavy atom. The number of hydrogen-bond acceptors (Lipinski definition) is 4. The molecule has 0 unspecified atom stereocenters. The third-order valence-corrected chi connectivity index (χ3v) is 2.87. The maximum atomic E-state index is 5.70. The monoisotopic (exact) mass is 222 g/mol. The Kier molecular flexibility index (Phi) is 3.99. The summed E-state index contributed by atoms with van der Waals surface area (Å²) < 4.78 is 10.9. The highest BCUT2D eigenvalue weighted by Crippen LogP contribution is 2.24. The van der Waals surface area contributed by atoms with Gasteiger partial charge in [0.05, 0.1) is 13.7 Å². The number of aromatic nitrogens is 1. The Labute approximate surface area is 96.0 Å². The molecule has 0 bridgehead atoms. The summed E-state index contributed by atoms with van der Waals surface area (Å²) in [6, 6.07) is 3.71. The minimum Gasteiger partial charge on any atom is -0.491 e. The zero-order valence-corrected chi connectivity index (χ0v) is 9.61. The summed E-state index contributed by atoms with van der Waals surface area (Å²) in [6.45, 7) is 2.91. The first-order valence-electron chi connectivity index (χ1n) is 5.72. The Bertz CT molecular complexity index is 325. The zero-order valence-electron chi connectivity index (χ0n) is 9.61. The van der Waals surface area contributed by atoms with E-state index in [0.717, 1.165) is 19.7 Å². The molecule has 2 heterocycles. The molecular formula is C12H18N2O2. The van der Waals surface area contributed by atoms with Crippen molar-refractivity contribution < 1.29 is 9.47 Å². The summed E-state index contributed by atoms with van der Waals surface area (Å²) in [6.07, 6.45) is 4.07. The van der Waals surface area contributed by atoms with E-state index in [1.54, 1.807) is 13.3 Å². The molecule has 0 aliphatic carbocycles. The number of pyridine rings is 1. The van der Waals surface area contributed by atoms with Crippen molar-refractivity contribution in [2.24, 2.45) is 5.92 Å². The molecule has 4 heteroatoms. The summed E-state index contributed by atoms with van der Waals surface area (Å²) in [5, 5.41) is 3.34. The molecule has 0 radical (unpaired) electrons. The van der Waals surface area contributed by atoms with Crippen LogP contribution in [0.5, 0.6) is 11.6 Å². The maximum absolute atomic E-state index is 5.70. The van der Waals surface area contributed by atoms with Crippen LogP contribution in [0.15, 0.2) is 18.3 Å². The lowest BCUT2D eigenvalue weighted by Gasteiger charge is -2.22. The van der Waals surface area contributed by atoms with Crippen LogP contribution in [0.1, 0.15) is 12.8 Å². The van der Waals surface area contributed by atoms with Crippen LogP contribution >= 0.6 is 0 Å². The molecule has 0 saturated carbocycles. The minimum absolute atomic E-state index is 0.600. The summed E-state index contributed by atoms with van der Waals surface area (Å²) in [4.78, 5) is 4.17. The van der Waals surface area contributed by atoms with Gasteiger partial charge in [0, 0.05) is 6.20 Å². The number of nitrogens with zero attached hydrogens (tertiary/aromatic N) is 1. The van der Waals surface area contributed by atoms with Gasteiger partial charge in [0.25, 0.3) is 5.88 Å². The van der Waals surface area contributed by atoms with Crippen LogP contribution in [0.3, 0.4) is 0 Å². The number of ether oxygens (including phenoxy) is 2. The lowest BCUT2D eigenvalue weighted by Crippen LogP contribution is -2.30. The van der Waals surface area contributed by atoms with E-state index in [4.69, 9.17) is 9.47 Å². The zero-order chi connectivity index (χ0) is 11.2. The van der Waals surface area contributed by atoms with Crippen molar-refractivity contribution in [1.29, 1.82) is 0 Å². The molecule has 1 fully saturated rings. The second-order valence-electron chi connectivity index (χ2n) is 4.02. The first-order chi connectivity index (χ1) is 7.90. The molecule has 0 amide bonds. The van der Waals surface area contributed by atoms with Gasteiger partial charge in [-0.2, -0.15) is 0 Å². The second kappa shape index (κ2) is 5.70. The van der Waals surface area contributed by atoms with Crippen molar-refractivity contribution in [2.75, 3.05) is 26.8 Å². The fourth-order valence-electron chi connectivity index (χ4n) is 1.88. The van der Waals surface area contributed by atoms with E-state index >= 15 is 0 Å². The van der Waals surface area contributed by atoms with Crippen LogP contribution in [-0.4, -0.2) is 31.8 Å². The molecule has 16 heavy (non-hydrogen) atoms. The van der Waals surface area contributed by atoms with Crippen LogP contribution in [0.25, 0.3) is 0 Å². The quantitative estimate of drug-likeness (QED) is 0.837. The molecule has 1 aliphatic rings. The van der Waals surface area contributed by atoms with E-state index in [-0.39, 0.29) is 0 Å². The fraction of sp³-hybridized carbons (Fsp3) is 0.583. The van der Waals surface area contributed by atoms with Crippen LogP contribution in [0, 0.1) is 5.92 Å². The highest BCUT2D eigenvalue weighted by atomic mass is 16.5. The van der Waals surface area contributed by atoms with Crippen molar-refractivity contribution >= 4 is 0 Å². The normalized spacial score (nSPS) is 17.1. The highest BCUT2D eigenvalue weighted by Gasteiger charge is 2.14. The Balaban J connectivity index is 1.88. The van der Waals surface area contributed by atoms with Crippen molar-refractivity contribution in [3.63, 3.8) is 0 Å². The molecule has 0 aromatic carbocycles. The third-order valence-electron chi connectivity index (χ3n) is 2.87. The second-order valence-corrected chi connectivity index (χ2v) is 4.02. The van der Waals surface area contributed by atoms with Gasteiger partial charge in [-0.25, -0.2) is 4.98 Å². The number of hydrogen-bond donors (Lipinski definition) is 1. The molecule has 1 aromatic rings. The molecule has 1 aliphatic heterocycles. The van der Waals surface area contributed by atoms with Gasteiger partial charge < -0.3 is 14.8 Å². The summed E-state index contributed by atoms with van der Waals surface area (Å²) >= 11 is 0. The van der Waals surface area contributed by atoms with Gasteiger partial charge in [0.2, 0.25) is 0 Å². The van der Waals surface area contributed by atoms with Crippen molar-refractivity contribution in [3.8, 4) is 11.6 Å². The van der Waals surface area contributed by atoms with Gasteiger partial charge >= 0.3 is 0 Å². The van der Waals surface area contributed by atoms with Crippen molar-refractivity contribution in [1.82, 2.24) is 10.3 Å². The van der Waals surface area contributed by atoms with Gasteiger partial charge in [-0.3, -0.25) is 0 Å². The Morgan fingerprint density at radius 3 is 3.00 bits per heavy atom. The molecular weight excluding hydrogens is 204 g/mol. The van der Waals surface area contributed by atoms with Crippen LogP contribution in [0.4, 0.5) is 0 Å². The summed E-state index contributed by atoms with van der Waals surface area (Å²) in [7, 11) is 1.63. The standard InChI is InChI=1S/C12H18N2O2/c1-15-11-3-2-6-14-12(11)16-9-10-4-7-13-8-5-10/h2-3,6,10,13H,4-5,7-9H2,1H3. The van der Waals surface area contributed by atoms with E-state index in [1.807, 2.05) is 12.1 Å². The minimum atomic E-state index is 0.600. The van der Waals surface area contributed by atoms with E-state index < -0.39 is 0 Å². The third kappa shape index (κ3) is 2.85. The van der Waals surface area contributed by atoms with Crippen LogP contribution in [0.2, 0.25) is 0 Å². The fourth-order valence-corrected chi connectivity index (χ4v) is 1.88.